The Kier molecular flexibility index (Phi) is 4.62. The highest BCUT2D eigenvalue weighted by atomic mass is 79.9. The van der Waals surface area contributed by atoms with Crippen molar-refractivity contribution in [2.24, 2.45) is 0 Å². The first-order chi connectivity index (χ1) is 9.47. The van der Waals surface area contributed by atoms with E-state index in [1.807, 2.05) is 25.1 Å². The van der Waals surface area contributed by atoms with Gasteiger partial charge in [-0.15, -0.1) is 0 Å². The fraction of sp³-hybridized carbons (Fsp3) is 0.143. The summed E-state index contributed by atoms with van der Waals surface area (Å²) in [5.74, 6) is 0. The Morgan fingerprint density at radius 3 is 2.65 bits per heavy atom. The molecule has 1 N–H and O–H groups in total. The number of nitrogens with zero attached hydrogens (tertiary/aromatic N) is 1. The second-order valence-electron chi connectivity index (χ2n) is 4.36. The van der Waals surface area contributed by atoms with E-state index in [1.54, 1.807) is 6.07 Å². The molecule has 0 aliphatic carbocycles. The number of hydrogen-bond acceptors (Lipinski definition) is 3. The molecule has 6 heteroatoms. The number of nitro benzene ring substituents is 1. The Balaban J connectivity index is 2.10. The molecule has 0 saturated carbocycles. The molecule has 0 aliphatic rings. The van der Waals surface area contributed by atoms with Gasteiger partial charge in [-0.05, 0) is 30.2 Å². The fourth-order valence-corrected chi connectivity index (χ4v) is 2.37. The molecule has 0 fully saturated rings. The summed E-state index contributed by atoms with van der Waals surface area (Å²) >= 11 is 9.50. The second-order valence-corrected chi connectivity index (χ2v) is 5.62. The molecule has 2 rings (SSSR count). The molecule has 0 amide bonds. The van der Waals surface area contributed by atoms with Crippen LogP contribution in [-0.2, 0) is 6.54 Å². The van der Waals surface area contributed by atoms with Crippen LogP contribution in [0.5, 0.6) is 0 Å². The van der Waals surface area contributed by atoms with Crippen LogP contribution in [0.1, 0.15) is 11.1 Å². The average Bonchev–Trinajstić information content (AvgIpc) is 2.41. The maximum absolute atomic E-state index is 10.6. The van der Waals surface area contributed by atoms with Crippen molar-refractivity contribution in [3.63, 3.8) is 0 Å². The molecule has 0 bridgehead atoms. The quantitative estimate of drug-likeness (QED) is 0.625. The van der Waals surface area contributed by atoms with Crippen molar-refractivity contribution in [2.45, 2.75) is 13.5 Å². The van der Waals surface area contributed by atoms with E-state index in [0.29, 0.717) is 17.3 Å². The Bertz CT molecular complexity index is 662. The highest BCUT2D eigenvalue weighted by molar-refractivity contribution is 9.10. The van der Waals surface area contributed by atoms with Gasteiger partial charge in [-0.1, -0.05) is 39.7 Å². The number of nitro groups is 1. The first kappa shape index (κ1) is 14.8. The molecule has 0 unspecified atom stereocenters. The molecule has 104 valence electrons. The van der Waals surface area contributed by atoms with Crippen molar-refractivity contribution < 1.29 is 4.92 Å². The highest BCUT2D eigenvalue weighted by Crippen LogP contribution is 2.27. The maximum atomic E-state index is 10.6. The molecule has 0 aromatic heterocycles. The lowest BCUT2D eigenvalue weighted by Crippen LogP contribution is -2.00. The summed E-state index contributed by atoms with van der Waals surface area (Å²) in [7, 11) is 0. The number of non-ortho nitro benzene ring substituents is 1. The minimum absolute atomic E-state index is 0.0152. The highest BCUT2D eigenvalue weighted by Gasteiger charge is 2.09. The maximum Gasteiger partial charge on any atom is 0.271 e. The van der Waals surface area contributed by atoms with E-state index < -0.39 is 4.92 Å². The van der Waals surface area contributed by atoms with Gasteiger partial charge in [0, 0.05) is 23.2 Å². The molecule has 0 spiro atoms. The van der Waals surface area contributed by atoms with Gasteiger partial charge in [-0.2, -0.15) is 0 Å². The minimum Gasteiger partial charge on any atom is -0.380 e. The van der Waals surface area contributed by atoms with Gasteiger partial charge in [-0.3, -0.25) is 10.1 Å². The van der Waals surface area contributed by atoms with Crippen molar-refractivity contribution in [3.05, 3.63) is 67.1 Å². The van der Waals surface area contributed by atoms with E-state index in [2.05, 4.69) is 21.2 Å². The number of aryl methyl sites for hydroxylation is 1. The zero-order chi connectivity index (χ0) is 14.7. The van der Waals surface area contributed by atoms with Crippen LogP contribution in [0.15, 0.2) is 40.9 Å². The van der Waals surface area contributed by atoms with E-state index >= 15 is 0 Å². The van der Waals surface area contributed by atoms with Crippen LogP contribution in [0, 0.1) is 17.0 Å². The summed E-state index contributed by atoms with van der Waals surface area (Å²) in [5.41, 5.74) is 2.92. The number of halogens is 2. The Labute approximate surface area is 130 Å². The lowest BCUT2D eigenvalue weighted by Gasteiger charge is -2.09. The minimum atomic E-state index is -0.466. The predicted molar refractivity (Wildman–Crippen MR) is 84.3 cm³/mol. The topological polar surface area (TPSA) is 55.2 Å². The van der Waals surface area contributed by atoms with Crippen molar-refractivity contribution in [1.82, 2.24) is 0 Å². The molecular weight excluding hydrogens is 344 g/mol. The third-order valence-corrected chi connectivity index (χ3v) is 4.05. The molecule has 4 nitrogen and oxygen atoms in total. The van der Waals surface area contributed by atoms with Crippen molar-refractivity contribution in [2.75, 3.05) is 5.32 Å². The third kappa shape index (κ3) is 3.49. The monoisotopic (exact) mass is 354 g/mol. The molecule has 0 saturated heterocycles. The Morgan fingerprint density at radius 1 is 1.30 bits per heavy atom. The van der Waals surface area contributed by atoms with Crippen LogP contribution in [0.25, 0.3) is 0 Å². The van der Waals surface area contributed by atoms with Gasteiger partial charge in [0.1, 0.15) is 0 Å². The van der Waals surface area contributed by atoms with Gasteiger partial charge in [0.05, 0.1) is 15.6 Å². The number of nitrogens with one attached hydrogen (secondary N) is 1. The largest absolute Gasteiger partial charge is 0.380 e. The van der Waals surface area contributed by atoms with Gasteiger partial charge in [0.2, 0.25) is 0 Å². The molecule has 20 heavy (non-hydrogen) atoms. The van der Waals surface area contributed by atoms with E-state index in [0.717, 1.165) is 10.0 Å². The summed E-state index contributed by atoms with van der Waals surface area (Å²) in [6.45, 7) is 2.62. The van der Waals surface area contributed by atoms with E-state index in [4.69, 9.17) is 11.6 Å². The first-order valence-corrected chi connectivity index (χ1v) is 7.07. The second kappa shape index (κ2) is 6.24. The molecular formula is C14H12BrClN2O2. The number of rotatable bonds is 4. The van der Waals surface area contributed by atoms with E-state index in [1.165, 1.54) is 17.7 Å². The van der Waals surface area contributed by atoms with Gasteiger partial charge in [0.15, 0.2) is 0 Å². The van der Waals surface area contributed by atoms with Gasteiger partial charge >= 0.3 is 0 Å². The zero-order valence-electron chi connectivity index (χ0n) is 10.7. The standard InChI is InChI=1S/C14H12BrClN2O2/c1-9-2-3-10(6-12(9)15)8-17-14-5-4-11(18(19)20)7-13(14)16/h2-7,17H,8H2,1H3. The molecule has 2 aromatic carbocycles. The fourth-order valence-electron chi connectivity index (χ4n) is 1.70. The Morgan fingerprint density at radius 2 is 2.05 bits per heavy atom. The lowest BCUT2D eigenvalue weighted by molar-refractivity contribution is -0.384. The summed E-state index contributed by atoms with van der Waals surface area (Å²) in [5, 5.41) is 14.1. The molecule has 0 radical (unpaired) electrons. The molecule has 2 aromatic rings. The third-order valence-electron chi connectivity index (χ3n) is 2.88. The van der Waals surface area contributed by atoms with Crippen LogP contribution in [-0.4, -0.2) is 4.92 Å². The van der Waals surface area contributed by atoms with Crippen LogP contribution >= 0.6 is 27.5 Å². The number of hydrogen-bond donors (Lipinski definition) is 1. The van der Waals surface area contributed by atoms with Crippen molar-refractivity contribution >= 4 is 38.9 Å². The van der Waals surface area contributed by atoms with Crippen LogP contribution in [0.3, 0.4) is 0 Å². The van der Waals surface area contributed by atoms with Crippen molar-refractivity contribution in [1.29, 1.82) is 0 Å². The Hall–Kier alpha value is -1.59. The first-order valence-electron chi connectivity index (χ1n) is 5.90. The van der Waals surface area contributed by atoms with Crippen LogP contribution < -0.4 is 5.32 Å². The lowest BCUT2D eigenvalue weighted by atomic mass is 10.1. The van der Waals surface area contributed by atoms with Crippen LogP contribution in [0.2, 0.25) is 5.02 Å². The summed E-state index contributed by atoms with van der Waals surface area (Å²) in [4.78, 5) is 10.2. The number of benzene rings is 2. The van der Waals surface area contributed by atoms with Crippen molar-refractivity contribution in [3.8, 4) is 0 Å². The van der Waals surface area contributed by atoms with E-state index in [9.17, 15) is 10.1 Å². The SMILES string of the molecule is Cc1ccc(CNc2ccc([N+](=O)[O-])cc2Cl)cc1Br. The van der Waals surface area contributed by atoms with Crippen LogP contribution in [0.4, 0.5) is 11.4 Å². The van der Waals surface area contributed by atoms with E-state index in [-0.39, 0.29) is 5.69 Å². The molecule has 0 atom stereocenters. The zero-order valence-corrected chi connectivity index (χ0v) is 13.0. The molecule has 0 heterocycles. The molecule has 0 aliphatic heterocycles. The van der Waals surface area contributed by atoms with Gasteiger partial charge in [0.25, 0.3) is 5.69 Å². The van der Waals surface area contributed by atoms with Gasteiger partial charge in [-0.25, -0.2) is 0 Å². The predicted octanol–water partition coefficient (Wildman–Crippen LogP) is 4.93. The number of anilines is 1. The smallest absolute Gasteiger partial charge is 0.271 e. The normalized spacial score (nSPS) is 10.3. The average molecular weight is 356 g/mol. The van der Waals surface area contributed by atoms with Gasteiger partial charge < -0.3 is 5.32 Å². The summed E-state index contributed by atoms with van der Waals surface area (Å²) in [6, 6.07) is 10.5. The summed E-state index contributed by atoms with van der Waals surface area (Å²) < 4.78 is 1.05. The summed E-state index contributed by atoms with van der Waals surface area (Å²) in [6.07, 6.45) is 0.